The molecular formula is C15H20N2O2. The summed E-state index contributed by atoms with van der Waals surface area (Å²) < 4.78 is 5.06. The number of anilines is 1. The molecule has 1 aliphatic carbocycles. The second-order valence-corrected chi connectivity index (χ2v) is 4.91. The first kappa shape index (κ1) is 13.6. The minimum atomic E-state index is -0.0884. The van der Waals surface area contributed by atoms with Crippen LogP contribution < -0.4 is 5.73 Å². The number of nitrogens with zero attached hydrogens (tertiary/aromatic N) is 1. The predicted octanol–water partition coefficient (Wildman–Crippen LogP) is 2.72. The second kappa shape index (κ2) is 5.87. The van der Waals surface area contributed by atoms with Crippen LogP contribution in [0.1, 0.15) is 37.4 Å². The molecule has 0 saturated carbocycles. The van der Waals surface area contributed by atoms with Gasteiger partial charge in [-0.3, -0.25) is 4.79 Å². The number of allylic oxidation sites excluding steroid dienone is 2. The van der Waals surface area contributed by atoms with Gasteiger partial charge in [0.2, 0.25) is 0 Å². The first-order chi connectivity index (χ1) is 9.10. The van der Waals surface area contributed by atoms with E-state index in [2.05, 4.69) is 11.1 Å². The van der Waals surface area contributed by atoms with Gasteiger partial charge in [0.25, 0.3) is 0 Å². The largest absolute Gasteiger partial charge is 0.466 e. The van der Waals surface area contributed by atoms with Crippen molar-refractivity contribution in [1.29, 1.82) is 0 Å². The molecule has 1 aromatic rings. The monoisotopic (exact) mass is 260 g/mol. The highest BCUT2D eigenvalue weighted by Crippen LogP contribution is 2.30. The summed E-state index contributed by atoms with van der Waals surface area (Å²) >= 11 is 0. The zero-order chi connectivity index (χ0) is 13.8. The highest BCUT2D eigenvalue weighted by molar-refractivity contribution is 5.75. The van der Waals surface area contributed by atoms with Crippen LogP contribution in [0, 0.1) is 12.8 Å². The molecule has 0 spiro atoms. The standard InChI is InChI=1S/C15H20N2O2/c1-3-19-15(18)12-6-4-11(5-7-12)13-8-10(2)9-14(16)17-13/h4,8-9,12H,3,5-7H2,1-2H3,(H2,16,17). The summed E-state index contributed by atoms with van der Waals surface area (Å²) in [6.07, 6.45) is 4.48. The molecule has 1 heterocycles. The summed E-state index contributed by atoms with van der Waals surface area (Å²) in [5.41, 5.74) is 8.98. The minimum absolute atomic E-state index is 0.00847. The van der Waals surface area contributed by atoms with E-state index < -0.39 is 0 Å². The van der Waals surface area contributed by atoms with Gasteiger partial charge in [-0.25, -0.2) is 4.98 Å². The van der Waals surface area contributed by atoms with Crippen molar-refractivity contribution in [3.05, 3.63) is 29.5 Å². The zero-order valence-corrected chi connectivity index (χ0v) is 11.5. The van der Waals surface area contributed by atoms with E-state index in [-0.39, 0.29) is 11.9 Å². The van der Waals surface area contributed by atoms with Crippen LogP contribution in [0.5, 0.6) is 0 Å². The Morgan fingerprint density at radius 1 is 1.53 bits per heavy atom. The first-order valence-electron chi connectivity index (χ1n) is 6.70. The van der Waals surface area contributed by atoms with E-state index in [1.807, 2.05) is 26.0 Å². The van der Waals surface area contributed by atoms with Gasteiger partial charge in [-0.15, -0.1) is 0 Å². The fourth-order valence-electron chi connectivity index (χ4n) is 2.40. The van der Waals surface area contributed by atoms with Crippen molar-refractivity contribution in [2.75, 3.05) is 12.3 Å². The Kier molecular flexibility index (Phi) is 4.20. The highest BCUT2D eigenvalue weighted by Gasteiger charge is 2.23. The fraction of sp³-hybridized carbons (Fsp3) is 0.467. The molecule has 0 amide bonds. The molecule has 1 aromatic heterocycles. The molecule has 1 atom stereocenters. The van der Waals surface area contributed by atoms with Crippen molar-refractivity contribution >= 4 is 17.4 Å². The number of aryl methyl sites for hydroxylation is 1. The Bertz CT molecular complexity index is 489. The van der Waals surface area contributed by atoms with Crippen LogP contribution in [0.3, 0.4) is 0 Å². The maximum Gasteiger partial charge on any atom is 0.309 e. The molecule has 4 heteroatoms. The third-order valence-corrected chi connectivity index (χ3v) is 3.35. The van der Waals surface area contributed by atoms with Gasteiger partial charge in [-0.1, -0.05) is 6.08 Å². The van der Waals surface area contributed by atoms with E-state index in [1.165, 1.54) is 5.57 Å². The molecule has 2 rings (SSSR count). The van der Waals surface area contributed by atoms with Crippen LogP contribution in [0.2, 0.25) is 0 Å². The van der Waals surface area contributed by atoms with Gasteiger partial charge in [0.1, 0.15) is 5.82 Å². The third kappa shape index (κ3) is 3.34. The van der Waals surface area contributed by atoms with Gasteiger partial charge in [-0.2, -0.15) is 0 Å². The third-order valence-electron chi connectivity index (χ3n) is 3.35. The van der Waals surface area contributed by atoms with Crippen LogP contribution in [0.4, 0.5) is 5.82 Å². The van der Waals surface area contributed by atoms with E-state index in [0.29, 0.717) is 12.4 Å². The lowest BCUT2D eigenvalue weighted by Gasteiger charge is -2.20. The van der Waals surface area contributed by atoms with Gasteiger partial charge in [0.15, 0.2) is 0 Å². The fourth-order valence-corrected chi connectivity index (χ4v) is 2.40. The smallest absolute Gasteiger partial charge is 0.309 e. The topological polar surface area (TPSA) is 65.2 Å². The predicted molar refractivity (Wildman–Crippen MR) is 75.3 cm³/mol. The molecule has 19 heavy (non-hydrogen) atoms. The summed E-state index contributed by atoms with van der Waals surface area (Å²) in [7, 11) is 0. The molecule has 0 bridgehead atoms. The Morgan fingerprint density at radius 2 is 2.32 bits per heavy atom. The van der Waals surface area contributed by atoms with Crippen LogP contribution in [0.15, 0.2) is 18.2 Å². The number of carbonyl (C=O) groups is 1. The van der Waals surface area contributed by atoms with Crippen LogP contribution >= 0.6 is 0 Å². The highest BCUT2D eigenvalue weighted by atomic mass is 16.5. The van der Waals surface area contributed by atoms with E-state index in [0.717, 1.165) is 30.5 Å². The maximum atomic E-state index is 11.7. The molecule has 0 radical (unpaired) electrons. The number of aromatic nitrogens is 1. The van der Waals surface area contributed by atoms with Crippen molar-refractivity contribution in [2.45, 2.75) is 33.1 Å². The lowest BCUT2D eigenvalue weighted by molar-refractivity contribution is -0.148. The summed E-state index contributed by atoms with van der Waals surface area (Å²) in [6, 6.07) is 3.89. The number of nitrogen functional groups attached to an aromatic ring is 1. The molecular weight excluding hydrogens is 240 g/mol. The number of carbonyl (C=O) groups excluding carboxylic acids is 1. The number of hydrogen-bond acceptors (Lipinski definition) is 4. The number of ether oxygens (including phenoxy) is 1. The maximum absolute atomic E-state index is 11.7. The molecule has 2 N–H and O–H groups in total. The number of hydrogen-bond donors (Lipinski definition) is 1. The van der Waals surface area contributed by atoms with Crippen LogP contribution in [0.25, 0.3) is 5.57 Å². The molecule has 102 valence electrons. The molecule has 1 aliphatic rings. The molecule has 0 aliphatic heterocycles. The van der Waals surface area contributed by atoms with Gasteiger partial charge in [-0.05, 0) is 56.4 Å². The van der Waals surface area contributed by atoms with Gasteiger partial charge >= 0.3 is 5.97 Å². The zero-order valence-electron chi connectivity index (χ0n) is 11.5. The Balaban J connectivity index is 2.10. The van der Waals surface area contributed by atoms with Crippen LogP contribution in [-0.4, -0.2) is 17.6 Å². The minimum Gasteiger partial charge on any atom is -0.466 e. The van der Waals surface area contributed by atoms with Crippen molar-refractivity contribution in [1.82, 2.24) is 4.98 Å². The number of esters is 1. The van der Waals surface area contributed by atoms with E-state index in [4.69, 9.17) is 10.5 Å². The van der Waals surface area contributed by atoms with E-state index in [1.54, 1.807) is 0 Å². The molecule has 4 nitrogen and oxygen atoms in total. The number of nitrogens with two attached hydrogens (primary N) is 1. The van der Waals surface area contributed by atoms with Gasteiger partial charge in [0, 0.05) is 0 Å². The lowest BCUT2D eigenvalue weighted by atomic mass is 9.88. The van der Waals surface area contributed by atoms with E-state index in [9.17, 15) is 4.79 Å². The molecule has 0 saturated heterocycles. The quantitative estimate of drug-likeness (QED) is 0.849. The number of rotatable bonds is 3. The summed E-state index contributed by atoms with van der Waals surface area (Å²) in [4.78, 5) is 16.0. The SMILES string of the molecule is CCOC(=O)C1CC=C(c2cc(C)cc(N)n2)CC1. The Hall–Kier alpha value is -1.84. The van der Waals surface area contributed by atoms with Gasteiger partial charge < -0.3 is 10.5 Å². The first-order valence-corrected chi connectivity index (χ1v) is 6.70. The van der Waals surface area contributed by atoms with Crippen molar-refractivity contribution in [2.24, 2.45) is 5.92 Å². The van der Waals surface area contributed by atoms with Crippen molar-refractivity contribution in [3.63, 3.8) is 0 Å². The summed E-state index contributed by atoms with van der Waals surface area (Å²) in [6.45, 7) is 4.29. The molecule has 0 fully saturated rings. The van der Waals surface area contributed by atoms with E-state index >= 15 is 0 Å². The van der Waals surface area contributed by atoms with Crippen molar-refractivity contribution < 1.29 is 9.53 Å². The summed E-state index contributed by atoms with van der Waals surface area (Å²) in [5.74, 6) is 0.448. The second-order valence-electron chi connectivity index (χ2n) is 4.91. The van der Waals surface area contributed by atoms with Crippen molar-refractivity contribution in [3.8, 4) is 0 Å². The number of pyridine rings is 1. The summed E-state index contributed by atoms with van der Waals surface area (Å²) in [5, 5.41) is 0. The van der Waals surface area contributed by atoms with Crippen LogP contribution in [-0.2, 0) is 9.53 Å². The normalized spacial score (nSPS) is 18.8. The Morgan fingerprint density at radius 3 is 2.89 bits per heavy atom. The molecule has 1 unspecified atom stereocenters. The van der Waals surface area contributed by atoms with Gasteiger partial charge in [0.05, 0.1) is 18.2 Å². The average Bonchev–Trinajstić information content (AvgIpc) is 2.38. The Labute approximate surface area is 113 Å². The molecule has 0 aromatic carbocycles. The lowest BCUT2D eigenvalue weighted by Crippen LogP contribution is -2.19. The average molecular weight is 260 g/mol.